The fourth-order valence-corrected chi connectivity index (χ4v) is 4.64. The third kappa shape index (κ3) is 10.4. The van der Waals surface area contributed by atoms with Gasteiger partial charge in [-0.1, -0.05) is 95.3 Å². The summed E-state index contributed by atoms with van der Waals surface area (Å²) in [5.41, 5.74) is 1.17. The lowest BCUT2D eigenvalue weighted by molar-refractivity contribution is -0.134. The summed E-state index contributed by atoms with van der Waals surface area (Å²) in [5, 5.41) is 27.2. The molecule has 3 amide bonds. The molecule has 8 heteroatoms. The van der Waals surface area contributed by atoms with Gasteiger partial charge in [-0.25, -0.2) is 4.79 Å². The van der Waals surface area contributed by atoms with E-state index >= 15 is 0 Å². The van der Waals surface area contributed by atoms with Crippen LogP contribution < -0.4 is 10.6 Å². The molecule has 39 heavy (non-hydrogen) atoms. The van der Waals surface area contributed by atoms with Gasteiger partial charge >= 0.3 is 6.09 Å². The fourth-order valence-electron chi connectivity index (χ4n) is 4.64. The van der Waals surface area contributed by atoms with Crippen LogP contribution in [0.2, 0.25) is 0 Å². The molecule has 214 valence electrons. The first-order valence-corrected chi connectivity index (χ1v) is 13.8. The number of rotatable bonds is 14. The monoisotopic (exact) mass is 539 g/mol. The Balaban J connectivity index is 2.20. The minimum atomic E-state index is -1.17. The molecule has 8 nitrogen and oxygen atoms in total. The summed E-state index contributed by atoms with van der Waals surface area (Å²) in [6.45, 7) is 9.68. The van der Waals surface area contributed by atoms with Crippen molar-refractivity contribution < 1.29 is 24.6 Å². The average molecular weight is 540 g/mol. The van der Waals surface area contributed by atoms with Crippen LogP contribution in [-0.2, 0) is 22.6 Å². The lowest BCUT2D eigenvalue weighted by Gasteiger charge is -2.34. The van der Waals surface area contributed by atoms with Crippen molar-refractivity contribution >= 4 is 17.9 Å². The largest absolute Gasteiger partial charge is 0.465 e. The molecule has 0 saturated carbocycles. The predicted molar refractivity (Wildman–Crippen MR) is 153 cm³/mol. The van der Waals surface area contributed by atoms with Gasteiger partial charge in [-0.2, -0.15) is 0 Å². The third-order valence-electron chi connectivity index (χ3n) is 7.16. The number of aliphatic hydroxyl groups excluding tert-OH is 1. The maximum Gasteiger partial charge on any atom is 0.407 e. The van der Waals surface area contributed by atoms with E-state index < -0.39 is 29.6 Å². The Morgan fingerprint density at radius 1 is 0.897 bits per heavy atom. The second-order valence-electron chi connectivity index (χ2n) is 11.2. The van der Waals surface area contributed by atoms with Gasteiger partial charge in [0.1, 0.15) is 0 Å². The Morgan fingerprint density at radius 3 is 1.92 bits per heavy atom. The van der Waals surface area contributed by atoms with Crippen molar-refractivity contribution in [2.75, 3.05) is 6.54 Å². The number of carbonyl (C=O) groups is 3. The van der Waals surface area contributed by atoms with Crippen LogP contribution in [0, 0.1) is 11.3 Å². The van der Waals surface area contributed by atoms with Crippen LogP contribution in [0.3, 0.4) is 0 Å². The number of carboxylic acid groups (broad SMARTS) is 1. The van der Waals surface area contributed by atoms with E-state index in [1.807, 2.05) is 95.3 Å². The zero-order valence-electron chi connectivity index (χ0n) is 23.9. The Kier molecular flexibility index (Phi) is 12.5. The molecule has 2 rings (SSSR count). The standard InChI is InChI=1S/C31H45N3O5/c1-6-24(7-2)33-28(36)19-25(31(3,4)5)29(37)32-20-27(35)26(18-22-14-10-8-11-15-22)34(30(38)39)21-23-16-12-9-13-17-23/h8-17,24-27,35H,6-7,18-21H2,1-5H3,(H,32,37)(H,33,36)(H,38,39)/t25-,26-,27+/m0/s1. The maximum absolute atomic E-state index is 13.3. The molecule has 2 aromatic carbocycles. The Labute approximate surface area is 232 Å². The Bertz CT molecular complexity index is 1040. The Morgan fingerprint density at radius 2 is 1.44 bits per heavy atom. The van der Waals surface area contributed by atoms with E-state index in [-0.39, 0.29) is 43.8 Å². The summed E-state index contributed by atoms with van der Waals surface area (Å²) in [4.78, 5) is 39.6. The van der Waals surface area contributed by atoms with E-state index in [1.54, 1.807) is 0 Å². The van der Waals surface area contributed by atoms with Crippen LogP contribution in [0.1, 0.15) is 65.0 Å². The van der Waals surface area contributed by atoms with E-state index in [2.05, 4.69) is 10.6 Å². The highest BCUT2D eigenvalue weighted by Crippen LogP contribution is 2.29. The van der Waals surface area contributed by atoms with E-state index in [9.17, 15) is 24.6 Å². The minimum absolute atomic E-state index is 0.0324. The number of amides is 3. The molecule has 0 aliphatic carbocycles. The van der Waals surface area contributed by atoms with E-state index in [0.29, 0.717) is 0 Å². The zero-order chi connectivity index (χ0) is 29.0. The normalized spacial score (nSPS) is 13.8. The van der Waals surface area contributed by atoms with Crippen LogP contribution in [0.15, 0.2) is 60.7 Å². The predicted octanol–water partition coefficient (Wildman–Crippen LogP) is 4.61. The molecule has 0 bridgehead atoms. The molecule has 2 aromatic rings. The number of hydrogen-bond acceptors (Lipinski definition) is 4. The summed E-state index contributed by atoms with van der Waals surface area (Å²) >= 11 is 0. The highest BCUT2D eigenvalue weighted by Gasteiger charge is 2.35. The number of hydrogen-bond donors (Lipinski definition) is 4. The van der Waals surface area contributed by atoms with Gasteiger partial charge in [-0.15, -0.1) is 0 Å². The van der Waals surface area contributed by atoms with E-state index in [1.165, 1.54) is 4.90 Å². The third-order valence-corrected chi connectivity index (χ3v) is 7.16. The molecule has 0 heterocycles. The lowest BCUT2D eigenvalue weighted by atomic mass is 9.78. The molecule has 0 radical (unpaired) electrons. The number of nitrogens with one attached hydrogen (secondary N) is 2. The summed E-state index contributed by atoms with van der Waals surface area (Å²) < 4.78 is 0. The smallest absolute Gasteiger partial charge is 0.407 e. The molecule has 0 fully saturated rings. The van der Waals surface area contributed by atoms with Gasteiger partial charge < -0.3 is 20.8 Å². The van der Waals surface area contributed by atoms with Gasteiger partial charge in [0.05, 0.1) is 18.1 Å². The van der Waals surface area contributed by atoms with Gasteiger partial charge in [0.25, 0.3) is 0 Å². The van der Waals surface area contributed by atoms with Gasteiger partial charge in [-0.3, -0.25) is 14.5 Å². The van der Waals surface area contributed by atoms with Crippen LogP contribution in [0.25, 0.3) is 0 Å². The maximum atomic E-state index is 13.3. The highest BCUT2D eigenvalue weighted by molar-refractivity contribution is 5.86. The van der Waals surface area contributed by atoms with E-state index in [4.69, 9.17) is 0 Å². The second-order valence-corrected chi connectivity index (χ2v) is 11.2. The summed E-state index contributed by atoms with van der Waals surface area (Å²) in [6.07, 6.45) is -0.398. The molecule has 0 aliphatic rings. The van der Waals surface area contributed by atoms with Crippen LogP contribution >= 0.6 is 0 Å². The quantitative estimate of drug-likeness (QED) is 0.280. The van der Waals surface area contributed by atoms with Crippen molar-refractivity contribution in [3.63, 3.8) is 0 Å². The molecular formula is C31H45N3O5. The Hall–Kier alpha value is -3.39. The topological polar surface area (TPSA) is 119 Å². The zero-order valence-corrected chi connectivity index (χ0v) is 23.9. The molecule has 0 saturated heterocycles. The summed E-state index contributed by atoms with van der Waals surface area (Å²) in [6, 6.07) is 17.8. The average Bonchev–Trinajstić information content (AvgIpc) is 2.91. The fraction of sp³-hybridized carbons (Fsp3) is 0.516. The van der Waals surface area contributed by atoms with Crippen LogP contribution in [0.4, 0.5) is 4.79 Å². The lowest BCUT2D eigenvalue weighted by Crippen LogP contribution is -2.52. The van der Waals surface area contributed by atoms with Crippen molar-refractivity contribution in [1.82, 2.24) is 15.5 Å². The second kappa shape index (κ2) is 15.3. The SMILES string of the molecule is CCC(CC)NC(=O)C[C@@H](C(=O)NC[C@@H](O)[C@H](Cc1ccccc1)N(Cc1ccccc1)C(=O)O)C(C)(C)C. The van der Waals surface area contributed by atoms with Crippen molar-refractivity contribution in [2.45, 2.75) is 85.0 Å². The highest BCUT2D eigenvalue weighted by atomic mass is 16.4. The van der Waals surface area contributed by atoms with Crippen molar-refractivity contribution in [2.24, 2.45) is 11.3 Å². The number of aliphatic hydroxyl groups is 1. The van der Waals surface area contributed by atoms with E-state index in [0.717, 1.165) is 24.0 Å². The number of nitrogens with zero attached hydrogens (tertiary/aromatic N) is 1. The van der Waals surface area contributed by atoms with Crippen molar-refractivity contribution in [3.8, 4) is 0 Å². The molecular weight excluding hydrogens is 494 g/mol. The number of benzene rings is 2. The van der Waals surface area contributed by atoms with Gasteiger partial charge in [-0.05, 0) is 35.8 Å². The molecule has 0 unspecified atom stereocenters. The molecule has 0 aromatic heterocycles. The first-order chi connectivity index (χ1) is 18.5. The summed E-state index contributed by atoms with van der Waals surface area (Å²) in [7, 11) is 0. The first kappa shape index (κ1) is 31.8. The van der Waals surface area contributed by atoms with Crippen molar-refractivity contribution in [3.05, 3.63) is 71.8 Å². The minimum Gasteiger partial charge on any atom is -0.465 e. The first-order valence-electron chi connectivity index (χ1n) is 13.8. The number of carbonyl (C=O) groups excluding carboxylic acids is 2. The van der Waals surface area contributed by atoms with Gasteiger partial charge in [0.15, 0.2) is 0 Å². The molecule has 0 aliphatic heterocycles. The van der Waals surface area contributed by atoms with Crippen LogP contribution in [-0.4, -0.2) is 57.8 Å². The molecule has 3 atom stereocenters. The van der Waals surface area contributed by atoms with Crippen LogP contribution in [0.5, 0.6) is 0 Å². The molecule has 4 N–H and O–H groups in total. The van der Waals surface area contributed by atoms with Gasteiger partial charge in [0, 0.05) is 25.6 Å². The summed E-state index contributed by atoms with van der Waals surface area (Å²) in [5.74, 6) is -1.14. The molecule has 0 spiro atoms. The van der Waals surface area contributed by atoms with Crippen molar-refractivity contribution in [1.29, 1.82) is 0 Å². The van der Waals surface area contributed by atoms with Gasteiger partial charge in [0.2, 0.25) is 11.8 Å².